The van der Waals surface area contributed by atoms with Gasteiger partial charge in [0.05, 0.1) is 17.9 Å². The van der Waals surface area contributed by atoms with Crippen molar-refractivity contribution in [2.75, 3.05) is 68.7 Å². The van der Waals surface area contributed by atoms with Gasteiger partial charge in [0.15, 0.2) is 0 Å². The number of benzene rings is 2. The minimum atomic E-state index is -1.77. The summed E-state index contributed by atoms with van der Waals surface area (Å²) in [5.41, 5.74) is 1.98. The molecule has 0 unspecified atom stereocenters. The van der Waals surface area contributed by atoms with E-state index in [1.165, 1.54) is 26.1 Å². The lowest BCUT2D eigenvalue weighted by molar-refractivity contribution is -0.136. The number of nitrogens with zero attached hydrogens (tertiary/aromatic N) is 1. The first-order valence-electron chi connectivity index (χ1n) is 32.3. The highest BCUT2D eigenvalue weighted by molar-refractivity contribution is 7.80. The maximum absolute atomic E-state index is 14.9. The third kappa shape index (κ3) is 29.6. The number of pyridine rings is 1. The molecule has 0 spiro atoms. The SMILES string of the molecule is CC(C)C[C@@H]1NC(=O)[C@@H](Cc2ccccc2)NC(=O)[C@H](CCNCS)NC(=O)[C@@H](NC(=O)[C@H](CNCS)NC(=O)[C@@H](NC(=O)[C@H](CCNCS)NC(=O)c2ccnc(-c3ccccc3)c2)[C@@H](C)O)CCNC(=O)[C@H]([C@@H](C)O)NC(=O)[C@H](CCNCS)NC(=O)[C@H](CCNCS)NC1=O. The molecule has 542 valence electrons. The number of carbonyl (C=O) groups is 11. The number of thiol groups is 5. The number of aromatic nitrogens is 1. The van der Waals surface area contributed by atoms with Gasteiger partial charge in [0.25, 0.3) is 5.91 Å². The van der Waals surface area contributed by atoms with Crippen LogP contribution in [0.5, 0.6) is 0 Å². The molecular weight excluding hydrogens is 1360 g/mol. The maximum Gasteiger partial charge on any atom is 0.252 e. The molecule has 0 aliphatic carbocycles. The normalized spacial score (nSPS) is 21.0. The number of nitrogens with one attached hydrogen (secondary N) is 16. The van der Waals surface area contributed by atoms with Crippen LogP contribution >= 0.6 is 63.1 Å². The second-order valence-corrected chi connectivity index (χ2v) is 25.1. The molecule has 98 heavy (non-hydrogen) atoms. The molecule has 18 N–H and O–H groups in total. The van der Waals surface area contributed by atoms with Crippen molar-refractivity contribution in [1.29, 1.82) is 0 Å². The van der Waals surface area contributed by atoms with Crippen molar-refractivity contribution < 1.29 is 63.0 Å². The van der Waals surface area contributed by atoms with Crippen LogP contribution in [0.25, 0.3) is 11.3 Å². The maximum atomic E-state index is 14.9. The van der Waals surface area contributed by atoms with Crippen molar-refractivity contribution >= 4 is 128 Å². The fraction of sp³-hybridized carbons (Fsp3) is 0.556. The zero-order valence-corrected chi connectivity index (χ0v) is 59.8. The highest BCUT2D eigenvalue weighted by atomic mass is 32.1. The number of aliphatic hydroxyl groups excluding tert-OH is 2. The van der Waals surface area contributed by atoms with E-state index in [4.69, 9.17) is 0 Å². The molecule has 35 heteroatoms. The van der Waals surface area contributed by atoms with E-state index >= 15 is 0 Å². The summed E-state index contributed by atoms with van der Waals surface area (Å²) in [6.07, 6.45) is -2.58. The second-order valence-electron chi connectivity index (χ2n) is 23.5. The Bertz CT molecular complexity index is 3040. The van der Waals surface area contributed by atoms with E-state index in [2.05, 4.69) is 153 Å². The Morgan fingerprint density at radius 3 is 1.58 bits per heavy atom. The average Bonchev–Trinajstić information content (AvgIpc) is 0.903. The van der Waals surface area contributed by atoms with Gasteiger partial charge < -0.3 is 95.3 Å². The van der Waals surface area contributed by atoms with Gasteiger partial charge in [-0.2, -0.15) is 63.1 Å². The lowest BCUT2D eigenvalue weighted by Crippen LogP contribution is -2.63. The van der Waals surface area contributed by atoms with Gasteiger partial charge in [-0.05, 0) is 102 Å². The summed E-state index contributed by atoms with van der Waals surface area (Å²) < 4.78 is 0. The van der Waals surface area contributed by atoms with Gasteiger partial charge in [0, 0.05) is 66.2 Å². The standard InChI is InChI=1S/C63H97N17O13S5/c1-36(2)27-48-59(89)74-42(16-21-64-31-94)54(84)73-45(19-24-67-34-97)58(88)79-51(37(3)81)62(92)70-26-20-46(55(85)72-43(17-22-65-32-95)56(86)77-49(60(90)76-48)28-39-11-7-5-8-12-39)75-61(91)50(30-68-35-98)78-63(93)52(38(4)82)80-57(87)44(18-23-66-33-96)71-53(83)41-15-25-69-47(29-41)40-13-9-6-10-14-40/h5-15,25,29,36-38,42-46,48-52,64-68,81-82,94-98H,16-24,26-28,30-35H2,1-4H3,(H,70,92)(H,71,83)(H,72,85)(H,73,84)(H,74,89)(H,75,91)(H,76,90)(H,77,86)(H,78,93)(H,79,88)(H,80,87)/t37-,38-,42+,43+,44+,45+,46+,48+,49-,50+,51+,52+/m1/s1. The number of amides is 11. The minimum absolute atomic E-state index is 0.0137. The largest absolute Gasteiger partial charge is 0.391 e. The molecular formula is C63H97N17O13S5. The van der Waals surface area contributed by atoms with Crippen molar-refractivity contribution in [1.82, 2.24) is 90.1 Å². The number of rotatable bonds is 34. The van der Waals surface area contributed by atoms with Crippen LogP contribution in [0.15, 0.2) is 79.0 Å². The highest BCUT2D eigenvalue weighted by Gasteiger charge is 2.38. The molecule has 2 heterocycles. The molecule has 1 aliphatic rings. The molecule has 1 aliphatic heterocycles. The van der Waals surface area contributed by atoms with Crippen molar-refractivity contribution in [2.45, 2.75) is 145 Å². The summed E-state index contributed by atoms with van der Waals surface area (Å²) in [5.74, 6) is -9.43. The molecule has 30 nitrogen and oxygen atoms in total. The molecule has 2 aromatic carbocycles. The van der Waals surface area contributed by atoms with Gasteiger partial charge in [-0.15, -0.1) is 0 Å². The van der Waals surface area contributed by atoms with Crippen molar-refractivity contribution in [2.24, 2.45) is 5.92 Å². The molecule has 3 aromatic rings. The van der Waals surface area contributed by atoms with E-state index in [1.54, 1.807) is 36.4 Å². The number of carbonyl (C=O) groups excluding carboxylic acids is 11. The van der Waals surface area contributed by atoms with Crippen LogP contribution in [0.2, 0.25) is 0 Å². The third-order valence-electron chi connectivity index (χ3n) is 15.3. The third-order valence-corrected chi connectivity index (χ3v) is 16.5. The van der Waals surface area contributed by atoms with Crippen LogP contribution in [0.4, 0.5) is 0 Å². The quantitative estimate of drug-likeness (QED) is 0.0158. The monoisotopic (exact) mass is 1460 g/mol. The molecule has 1 aromatic heterocycles. The summed E-state index contributed by atoms with van der Waals surface area (Å²) in [7, 11) is 0. The van der Waals surface area contributed by atoms with Gasteiger partial charge >= 0.3 is 0 Å². The van der Waals surface area contributed by atoms with Gasteiger partial charge in [0.2, 0.25) is 59.1 Å². The first-order valence-corrected chi connectivity index (χ1v) is 35.4. The topological polar surface area (TPSA) is 434 Å². The van der Waals surface area contributed by atoms with E-state index in [0.29, 0.717) is 11.3 Å². The van der Waals surface area contributed by atoms with Crippen molar-refractivity contribution in [3.63, 3.8) is 0 Å². The highest BCUT2D eigenvalue weighted by Crippen LogP contribution is 2.18. The van der Waals surface area contributed by atoms with E-state index in [0.717, 1.165) is 5.56 Å². The number of hydrogen-bond acceptors (Lipinski definition) is 24. The molecule has 0 saturated carbocycles. The van der Waals surface area contributed by atoms with Crippen LogP contribution in [-0.4, -0.2) is 221 Å². The van der Waals surface area contributed by atoms with Gasteiger partial charge in [-0.1, -0.05) is 74.5 Å². The van der Waals surface area contributed by atoms with Crippen molar-refractivity contribution in [3.05, 3.63) is 90.1 Å². The Morgan fingerprint density at radius 2 is 1.04 bits per heavy atom. The van der Waals surface area contributed by atoms with Crippen LogP contribution in [0, 0.1) is 5.92 Å². The first kappa shape index (κ1) is 83.6. The van der Waals surface area contributed by atoms with Crippen molar-refractivity contribution in [3.8, 4) is 11.3 Å². The Labute approximate surface area is 598 Å². The molecule has 0 radical (unpaired) electrons. The summed E-state index contributed by atoms with van der Waals surface area (Å²) in [4.78, 5) is 163. The molecule has 12 atom stereocenters. The molecule has 0 bridgehead atoms. The lowest BCUT2D eigenvalue weighted by Gasteiger charge is -2.29. The predicted octanol–water partition coefficient (Wildman–Crippen LogP) is -3.27. The minimum Gasteiger partial charge on any atom is -0.391 e. The van der Waals surface area contributed by atoms with E-state index in [-0.39, 0.29) is 112 Å². The molecule has 1 saturated heterocycles. The predicted molar refractivity (Wildman–Crippen MR) is 387 cm³/mol. The number of hydrogen-bond donors (Lipinski definition) is 23. The molecule has 1 fully saturated rings. The van der Waals surface area contributed by atoms with Gasteiger partial charge in [-0.3, -0.25) is 57.7 Å². The summed E-state index contributed by atoms with van der Waals surface area (Å²) in [5, 5.41) is 65.9. The first-order chi connectivity index (χ1) is 46.9. The summed E-state index contributed by atoms with van der Waals surface area (Å²) in [6, 6.07) is 5.70. The number of aliphatic hydroxyl groups is 2. The summed E-state index contributed by atoms with van der Waals surface area (Å²) in [6.45, 7) is 5.70. The van der Waals surface area contributed by atoms with Crippen LogP contribution in [0.1, 0.15) is 82.1 Å². The van der Waals surface area contributed by atoms with E-state index in [1.807, 2.05) is 44.2 Å². The van der Waals surface area contributed by atoms with Crippen LogP contribution in [-0.2, 0) is 54.4 Å². The van der Waals surface area contributed by atoms with Crippen LogP contribution < -0.4 is 85.1 Å². The summed E-state index contributed by atoms with van der Waals surface area (Å²) >= 11 is 21.0. The Balaban J connectivity index is 1.78. The van der Waals surface area contributed by atoms with Gasteiger partial charge in [-0.25, -0.2) is 0 Å². The smallest absolute Gasteiger partial charge is 0.252 e. The van der Waals surface area contributed by atoms with Crippen LogP contribution in [0.3, 0.4) is 0 Å². The zero-order valence-electron chi connectivity index (χ0n) is 55.3. The average molecular weight is 1460 g/mol. The fourth-order valence-corrected chi connectivity index (χ4v) is 10.8. The fourth-order valence-electron chi connectivity index (χ4n) is 10.1. The Kier molecular flexibility index (Phi) is 39.1. The Hall–Kier alpha value is -6.77. The zero-order chi connectivity index (χ0) is 72.1. The second kappa shape index (κ2) is 45.8. The molecule has 4 rings (SSSR count). The molecule has 11 amide bonds. The Morgan fingerprint density at radius 1 is 0.541 bits per heavy atom. The van der Waals surface area contributed by atoms with Gasteiger partial charge in [0.1, 0.15) is 60.4 Å². The van der Waals surface area contributed by atoms with E-state index in [9.17, 15) is 63.0 Å². The van der Waals surface area contributed by atoms with E-state index < -0.39 is 151 Å². The lowest BCUT2D eigenvalue weighted by atomic mass is 10.00.